The monoisotopic (exact) mass is 348 g/mol. The number of rotatable bonds is 0. The molecule has 6 fully saturated rings. The Labute approximate surface area is 150 Å². The van der Waals surface area contributed by atoms with Gasteiger partial charge in [-0.05, 0) is 61.7 Å². The third-order valence-corrected chi connectivity index (χ3v) is 9.84. The van der Waals surface area contributed by atoms with Crippen molar-refractivity contribution in [1.82, 2.24) is 0 Å². The van der Waals surface area contributed by atoms with Crippen molar-refractivity contribution in [3.63, 3.8) is 0 Å². The van der Waals surface area contributed by atoms with E-state index in [1.807, 2.05) is 0 Å². The van der Waals surface area contributed by atoms with Gasteiger partial charge in [0.05, 0.1) is 25.4 Å². The smallest absolute Gasteiger partial charge is 0.171 e. The van der Waals surface area contributed by atoms with Crippen LogP contribution in [0.4, 0.5) is 0 Å². The van der Waals surface area contributed by atoms with Crippen LogP contribution in [-0.2, 0) is 14.2 Å². The summed E-state index contributed by atoms with van der Waals surface area (Å²) in [5, 5.41) is 10.6. The number of aliphatic hydroxyl groups is 1. The van der Waals surface area contributed by atoms with Crippen LogP contribution in [0.5, 0.6) is 0 Å². The summed E-state index contributed by atoms with van der Waals surface area (Å²) in [4.78, 5) is 0. The SMILES string of the molecule is C[C@]12CCC3C(C[C@@H]4O[C@@]45CC4(CC[C@]35C)OCCO4)C1CC[C@@H]2O. The summed E-state index contributed by atoms with van der Waals surface area (Å²) in [6, 6.07) is 0. The molecule has 0 bridgehead atoms. The fourth-order valence-electron chi connectivity index (χ4n) is 8.34. The number of ether oxygens (including phenoxy) is 3. The van der Waals surface area contributed by atoms with Crippen LogP contribution >= 0.6 is 0 Å². The predicted octanol–water partition coefficient (Wildman–Crippen LogP) is 3.26. The van der Waals surface area contributed by atoms with Crippen LogP contribution in [-0.4, -0.2) is 41.9 Å². The summed E-state index contributed by atoms with van der Waals surface area (Å²) in [5.41, 5.74) is 0.414. The van der Waals surface area contributed by atoms with Gasteiger partial charge in [0.2, 0.25) is 0 Å². The summed E-state index contributed by atoms with van der Waals surface area (Å²) in [6.07, 6.45) is 9.29. The lowest BCUT2D eigenvalue weighted by molar-refractivity contribution is -0.227. The lowest BCUT2D eigenvalue weighted by atomic mass is 9.44. The van der Waals surface area contributed by atoms with Gasteiger partial charge in [-0.2, -0.15) is 0 Å². The molecule has 2 heterocycles. The second-order valence-corrected chi connectivity index (χ2v) is 10.4. The Morgan fingerprint density at radius 2 is 1.72 bits per heavy atom. The van der Waals surface area contributed by atoms with Crippen LogP contribution in [0.15, 0.2) is 0 Å². The maximum Gasteiger partial charge on any atom is 0.171 e. The second kappa shape index (κ2) is 4.63. The Balaban J connectivity index is 1.35. The van der Waals surface area contributed by atoms with Gasteiger partial charge in [0.15, 0.2) is 5.79 Å². The molecule has 6 aliphatic rings. The van der Waals surface area contributed by atoms with E-state index in [0.29, 0.717) is 12.0 Å². The predicted molar refractivity (Wildman–Crippen MR) is 91.9 cm³/mol. The normalized spacial score (nSPS) is 61.3. The lowest BCUT2D eigenvalue weighted by Gasteiger charge is -2.59. The Kier molecular flexibility index (Phi) is 2.93. The molecule has 0 aromatic rings. The maximum atomic E-state index is 10.6. The van der Waals surface area contributed by atoms with E-state index in [4.69, 9.17) is 14.2 Å². The molecule has 0 aromatic heterocycles. The van der Waals surface area contributed by atoms with Gasteiger partial charge in [-0.1, -0.05) is 13.8 Å². The lowest BCUT2D eigenvalue weighted by Crippen LogP contribution is -2.61. The Morgan fingerprint density at radius 1 is 0.920 bits per heavy atom. The molecule has 140 valence electrons. The molecule has 2 saturated heterocycles. The quantitative estimate of drug-likeness (QED) is 0.683. The van der Waals surface area contributed by atoms with Gasteiger partial charge in [-0.3, -0.25) is 0 Å². The first-order valence-electron chi connectivity index (χ1n) is 10.6. The fraction of sp³-hybridized carbons (Fsp3) is 1.00. The highest BCUT2D eigenvalue weighted by molar-refractivity contribution is 5.25. The summed E-state index contributed by atoms with van der Waals surface area (Å²) >= 11 is 0. The van der Waals surface area contributed by atoms with Crippen LogP contribution in [0.3, 0.4) is 0 Å². The molecule has 0 radical (unpaired) electrons. The first-order chi connectivity index (χ1) is 11.9. The summed E-state index contributed by atoms with van der Waals surface area (Å²) < 4.78 is 18.7. The molecule has 2 aliphatic heterocycles. The molecule has 4 saturated carbocycles. The van der Waals surface area contributed by atoms with Gasteiger partial charge in [0.25, 0.3) is 0 Å². The first kappa shape index (κ1) is 15.9. The molecule has 4 heteroatoms. The molecule has 3 unspecified atom stereocenters. The van der Waals surface area contributed by atoms with Crippen molar-refractivity contribution in [2.24, 2.45) is 28.6 Å². The summed E-state index contributed by atoms with van der Waals surface area (Å²) in [7, 11) is 0. The van der Waals surface area contributed by atoms with E-state index < -0.39 is 0 Å². The van der Waals surface area contributed by atoms with Crippen molar-refractivity contribution in [2.45, 2.75) is 88.8 Å². The molecule has 4 aliphatic carbocycles. The number of aliphatic hydroxyl groups excluding tert-OH is 1. The zero-order valence-electron chi connectivity index (χ0n) is 15.6. The van der Waals surface area contributed by atoms with E-state index in [9.17, 15) is 5.11 Å². The van der Waals surface area contributed by atoms with Crippen molar-refractivity contribution in [3.05, 3.63) is 0 Å². The minimum Gasteiger partial charge on any atom is -0.393 e. The van der Waals surface area contributed by atoms with Crippen molar-refractivity contribution in [3.8, 4) is 0 Å². The summed E-state index contributed by atoms with van der Waals surface area (Å²) in [6.45, 7) is 6.35. The van der Waals surface area contributed by atoms with E-state index in [-0.39, 0.29) is 28.3 Å². The van der Waals surface area contributed by atoms with Gasteiger partial charge in [0.1, 0.15) is 5.60 Å². The second-order valence-electron chi connectivity index (χ2n) is 10.4. The van der Waals surface area contributed by atoms with Crippen molar-refractivity contribution >= 4 is 0 Å². The Bertz CT molecular complexity index is 601. The number of fused-ring (bicyclic) bond motifs is 4. The van der Waals surface area contributed by atoms with Gasteiger partial charge in [-0.25, -0.2) is 0 Å². The molecule has 2 spiro atoms. The van der Waals surface area contributed by atoms with Crippen LogP contribution in [0.2, 0.25) is 0 Å². The molecule has 1 N–H and O–H groups in total. The van der Waals surface area contributed by atoms with Crippen molar-refractivity contribution < 1.29 is 19.3 Å². The molecular formula is C21H32O4. The van der Waals surface area contributed by atoms with Gasteiger partial charge in [0, 0.05) is 18.3 Å². The Morgan fingerprint density at radius 3 is 2.52 bits per heavy atom. The number of hydrogen-bond acceptors (Lipinski definition) is 4. The average Bonchev–Trinajstić information content (AvgIpc) is 2.94. The van der Waals surface area contributed by atoms with Crippen LogP contribution in [0.25, 0.3) is 0 Å². The first-order valence-corrected chi connectivity index (χ1v) is 10.6. The van der Waals surface area contributed by atoms with Gasteiger partial charge >= 0.3 is 0 Å². The Hall–Kier alpha value is -0.160. The highest BCUT2D eigenvalue weighted by Gasteiger charge is 2.78. The van der Waals surface area contributed by atoms with E-state index >= 15 is 0 Å². The average molecular weight is 348 g/mol. The number of hydrogen-bond donors (Lipinski definition) is 1. The maximum absolute atomic E-state index is 10.6. The van der Waals surface area contributed by atoms with E-state index in [1.54, 1.807) is 0 Å². The minimum atomic E-state index is -0.353. The fourth-order valence-corrected chi connectivity index (χ4v) is 8.34. The summed E-state index contributed by atoms with van der Waals surface area (Å²) in [5.74, 6) is 1.82. The van der Waals surface area contributed by atoms with Crippen molar-refractivity contribution in [2.75, 3.05) is 13.2 Å². The van der Waals surface area contributed by atoms with Gasteiger partial charge < -0.3 is 19.3 Å². The third-order valence-electron chi connectivity index (χ3n) is 9.84. The van der Waals surface area contributed by atoms with E-state index in [0.717, 1.165) is 50.7 Å². The highest BCUT2D eigenvalue weighted by Crippen LogP contribution is 2.74. The van der Waals surface area contributed by atoms with E-state index in [2.05, 4.69) is 13.8 Å². The van der Waals surface area contributed by atoms with Crippen LogP contribution in [0, 0.1) is 28.6 Å². The highest BCUT2D eigenvalue weighted by atomic mass is 16.7. The van der Waals surface area contributed by atoms with Crippen molar-refractivity contribution in [1.29, 1.82) is 0 Å². The zero-order chi connectivity index (χ0) is 17.1. The van der Waals surface area contributed by atoms with Gasteiger partial charge in [-0.15, -0.1) is 0 Å². The molecule has 8 atom stereocenters. The molecule has 4 nitrogen and oxygen atoms in total. The number of epoxide rings is 1. The topological polar surface area (TPSA) is 51.2 Å². The molecule has 6 rings (SSSR count). The minimum absolute atomic E-state index is 0.00170. The molecule has 0 aromatic carbocycles. The molecule has 25 heavy (non-hydrogen) atoms. The molecular weight excluding hydrogens is 316 g/mol. The zero-order valence-corrected chi connectivity index (χ0v) is 15.6. The largest absolute Gasteiger partial charge is 0.393 e. The standard InChI is InChI=1S/C21H32O4/c1-18-6-5-15-13(14(18)3-4-16(18)22)11-17-21(25-17)12-20(23-9-10-24-20)8-7-19(15,21)2/h13-17,22H,3-12H2,1-2H3/t13?,14?,15?,16-,17-,18-,19+,21-/m0/s1. The third kappa shape index (κ3) is 1.74. The van der Waals surface area contributed by atoms with Crippen LogP contribution in [0.1, 0.15) is 65.2 Å². The van der Waals surface area contributed by atoms with E-state index in [1.165, 1.54) is 25.7 Å². The molecule has 0 amide bonds. The van der Waals surface area contributed by atoms with Crippen LogP contribution < -0.4 is 0 Å².